The zero-order valence-electron chi connectivity index (χ0n) is 11.4. The average Bonchev–Trinajstić information content (AvgIpc) is 2.54. The van der Waals surface area contributed by atoms with Gasteiger partial charge in [-0.15, -0.1) is 0 Å². The van der Waals surface area contributed by atoms with E-state index in [-0.39, 0.29) is 5.91 Å². The van der Waals surface area contributed by atoms with E-state index in [9.17, 15) is 4.79 Å². The molecule has 0 saturated carbocycles. The Morgan fingerprint density at radius 1 is 1.18 bits per heavy atom. The predicted octanol–water partition coefficient (Wildman–Crippen LogP) is 4.01. The summed E-state index contributed by atoms with van der Waals surface area (Å²) in [5.74, 6) is -0.279. The lowest BCUT2D eigenvalue weighted by molar-refractivity contribution is 0.102. The number of pyridine rings is 1. The molecule has 3 aromatic rings. The molecule has 0 fully saturated rings. The molecular weight excluding hydrogens is 298 g/mol. The number of nitrogens with one attached hydrogen (secondary N) is 1. The van der Waals surface area contributed by atoms with Gasteiger partial charge in [0.25, 0.3) is 5.91 Å². The Labute approximate surface area is 132 Å². The average molecular weight is 308 g/mol. The smallest absolute Gasteiger partial charge is 0.255 e. The fourth-order valence-electron chi connectivity index (χ4n) is 2.14. The summed E-state index contributed by atoms with van der Waals surface area (Å²) in [7, 11) is 0. The van der Waals surface area contributed by atoms with Crippen molar-refractivity contribution in [1.82, 2.24) is 4.98 Å². The third kappa shape index (κ3) is 2.76. The molecule has 0 saturated heterocycles. The van der Waals surface area contributed by atoms with Crippen LogP contribution in [-0.2, 0) is 0 Å². The number of anilines is 1. The summed E-state index contributed by atoms with van der Waals surface area (Å²) in [4.78, 5) is 16.6. The second-order valence-corrected chi connectivity index (χ2v) is 5.11. The summed E-state index contributed by atoms with van der Waals surface area (Å²) in [6.07, 6.45) is 1.66. The third-order valence-corrected chi connectivity index (χ3v) is 3.41. The van der Waals surface area contributed by atoms with Crippen LogP contribution >= 0.6 is 11.6 Å². The number of hydrogen-bond donors (Lipinski definition) is 1. The number of amides is 1. The lowest BCUT2D eigenvalue weighted by atomic mass is 10.1. The molecule has 0 aliphatic carbocycles. The van der Waals surface area contributed by atoms with Crippen molar-refractivity contribution in [1.29, 1.82) is 5.26 Å². The first-order valence-corrected chi connectivity index (χ1v) is 6.91. The third-order valence-electron chi connectivity index (χ3n) is 3.19. The highest BCUT2D eigenvalue weighted by Crippen LogP contribution is 2.26. The Balaban J connectivity index is 1.95. The Morgan fingerprint density at radius 2 is 1.95 bits per heavy atom. The Morgan fingerprint density at radius 3 is 2.68 bits per heavy atom. The monoisotopic (exact) mass is 307 g/mol. The van der Waals surface area contributed by atoms with Crippen LogP contribution in [0.25, 0.3) is 10.9 Å². The molecule has 0 atom stereocenters. The number of carbonyl (C=O) groups excluding carboxylic acids is 1. The van der Waals surface area contributed by atoms with E-state index in [1.807, 2.05) is 18.2 Å². The first-order chi connectivity index (χ1) is 10.7. The molecule has 4 nitrogen and oxygen atoms in total. The largest absolute Gasteiger partial charge is 0.320 e. The first kappa shape index (κ1) is 14.1. The van der Waals surface area contributed by atoms with Gasteiger partial charge in [-0.2, -0.15) is 5.26 Å². The van der Waals surface area contributed by atoms with E-state index < -0.39 is 0 Å². The van der Waals surface area contributed by atoms with Crippen molar-refractivity contribution >= 4 is 34.1 Å². The number of halogens is 1. The molecule has 0 aliphatic rings. The number of fused-ring (bicyclic) bond motifs is 1. The van der Waals surface area contributed by atoms with Gasteiger partial charge in [-0.25, -0.2) is 0 Å². The molecule has 1 aromatic heterocycles. The van der Waals surface area contributed by atoms with Crippen LogP contribution in [0.2, 0.25) is 5.02 Å². The van der Waals surface area contributed by atoms with Crippen LogP contribution in [-0.4, -0.2) is 10.9 Å². The van der Waals surface area contributed by atoms with E-state index in [1.54, 1.807) is 42.6 Å². The van der Waals surface area contributed by atoms with Gasteiger partial charge in [-0.1, -0.05) is 17.7 Å². The molecule has 22 heavy (non-hydrogen) atoms. The fourth-order valence-corrected chi connectivity index (χ4v) is 2.37. The second-order valence-electron chi connectivity index (χ2n) is 4.67. The molecule has 0 unspecified atom stereocenters. The maximum atomic E-state index is 12.3. The van der Waals surface area contributed by atoms with Crippen LogP contribution in [0.1, 0.15) is 15.9 Å². The second kappa shape index (κ2) is 5.84. The summed E-state index contributed by atoms with van der Waals surface area (Å²) in [6, 6.07) is 15.6. The lowest BCUT2D eigenvalue weighted by Gasteiger charge is -2.09. The minimum atomic E-state index is -0.279. The number of nitriles is 1. The van der Waals surface area contributed by atoms with Crippen LogP contribution in [0.5, 0.6) is 0 Å². The molecule has 2 aromatic carbocycles. The van der Waals surface area contributed by atoms with Crippen molar-refractivity contribution in [3.63, 3.8) is 0 Å². The molecule has 106 valence electrons. The van der Waals surface area contributed by atoms with Crippen molar-refractivity contribution in [3.8, 4) is 6.07 Å². The zero-order chi connectivity index (χ0) is 15.5. The maximum absolute atomic E-state index is 12.3. The summed E-state index contributed by atoms with van der Waals surface area (Å²) in [6.45, 7) is 0. The summed E-state index contributed by atoms with van der Waals surface area (Å²) >= 11 is 6.08. The highest BCUT2D eigenvalue weighted by molar-refractivity contribution is 6.32. The van der Waals surface area contributed by atoms with Crippen LogP contribution in [0.4, 0.5) is 5.69 Å². The molecule has 1 amide bonds. The molecule has 0 bridgehead atoms. The Bertz CT molecular complexity index is 898. The van der Waals surface area contributed by atoms with Gasteiger partial charge in [0.15, 0.2) is 0 Å². The Kier molecular flexibility index (Phi) is 3.73. The summed E-state index contributed by atoms with van der Waals surface area (Å²) in [5, 5.41) is 13.0. The lowest BCUT2D eigenvalue weighted by Crippen LogP contribution is -2.12. The number of nitrogens with zero attached hydrogens (tertiary/aromatic N) is 2. The summed E-state index contributed by atoms with van der Waals surface area (Å²) < 4.78 is 0. The maximum Gasteiger partial charge on any atom is 0.255 e. The number of hydrogen-bond acceptors (Lipinski definition) is 3. The van der Waals surface area contributed by atoms with E-state index in [1.165, 1.54) is 0 Å². The van der Waals surface area contributed by atoms with Gasteiger partial charge in [-0.05, 0) is 42.5 Å². The van der Waals surface area contributed by atoms with E-state index in [2.05, 4.69) is 10.3 Å². The normalized spacial score (nSPS) is 10.2. The summed E-state index contributed by atoms with van der Waals surface area (Å²) in [5.41, 5.74) is 2.20. The van der Waals surface area contributed by atoms with E-state index in [4.69, 9.17) is 16.9 Å². The van der Waals surface area contributed by atoms with Crippen LogP contribution < -0.4 is 5.32 Å². The number of aromatic nitrogens is 1. The van der Waals surface area contributed by atoms with Gasteiger partial charge < -0.3 is 5.32 Å². The van der Waals surface area contributed by atoms with Crippen molar-refractivity contribution in [2.24, 2.45) is 0 Å². The molecule has 3 rings (SSSR count). The standard InChI is InChI=1S/C17H10ClN3O/c18-14-8-13-2-1-7-20-16(13)15(9-14)21-17(22)12-5-3-11(10-19)4-6-12/h1-9H,(H,21,22). The van der Waals surface area contributed by atoms with Crippen LogP contribution in [0, 0.1) is 11.3 Å². The molecule has 0 radical (unpaired) electrons. The molecule has 0 spiro atoms. The van der Waals surface area contributed by atoms with Gasteiger partial charge in [0.1, 0.15) is 0 Å². The van der Waals surface area contributed by atoms with E-state index >= 15 is 0 Å². The van der Waals surface area contributed by atoms with Crippen LogP contribution in [0.15, 0.2) is 54.7 Å². The molecule has 1 heterocycles. The first-order valence-electron chi connectivity index (χ1n) is 6.53. The van der Waals surface area contributed by atoms with Crippen molar-refractivity contribution < 1.29 is 4.79 Å². The molecule has 5 heteroatoms. The minimum Gasteiger partial charge on any atom is -0.320 e. The molecular formula is C17H10ClN3O. The quantitative estimate of drug-likeness (QED) is 0.778. The van der Waals surface area contributed by atoms with Crippen molar-refractivity contribution in [2.75, 3.05) is 5.32 Å². The Hall–Kier alpha value is -2.90. The van der Waals surface area contributed by atoms with Gasteiger partial charge in [0.2, 0.25) is 0 Å². The number of carbonyl (C=O) groups is 1. The van der Waals surface area contributed by atoms with Gasteiger partial charge in [-0.3, -0.25) is 9.78 Å². The van der Waals surface area contributed by atoms with E-state index in [0.717, 1.165) is 5.39 Å². The highest BCUT2D eigenvalue weighted by atomic mass is 35.5. The van der Waals surface area contributed by atoms with Gasteiger partial charge >= 0.3 is 0 Å². The predicted molar refractivity (Wildman–Crippen MR) is 85.9 cm³/mol. The zero-order valence-corrected chi connectivity index (χ0v) is 12.1. The minimum absolute atomic E-state index is 0.279. The van der Waals surface area contributed by atoms with Crippen molar-refractivity contribution in [2.45, 2.75) is 0 Å². The highest BCUT2D eigenvalue weighted by Gasteiger charge is 2.10. The van der Waals surface area contributed by atoms with Gasteiger partial charge in [0, 0.05) is 22.2 Å². The van der Waals surface area contributed by atoms with Gasteiger partial charge in [0.05, 0.1) is 22.8 Å². The molecule has 1 N–H and O–H groups in total. The number of rotatable bonds is 2. The topological polar surface area (TPSA) is 65.8 Å². The van der Waals surface area contributed by atoms with E-state index in [0.29, 0.717) is 27.4 Å². The fraction of sp³-hybridized carbons (Fsp3) is 0. The molecule has 0 aliphatic heterocycles. The SMILES string of the molecule is N#Cc1ccc(C(=O)Nc2cc(Cl)cc3cccnc23)cc1. The van der Waals surface area contributed by atoms with Crippen molar-refractivity contribution in [3.05, 3.63) is 70.9 Å². The number of benzene rings is 2. The van der Waals surface area contributed by atoms with Crippen LogP contribution in [0.3, 0.4) is 0 Å².